The average Bonchev–Trinajstić information content (AvgIpc) is 2.74. The number of para-hydroxylation sites is 2. The van der Waals surface area contributed by atoms with Gasteiger partial charge in [-0.2, -0.15) is 22.0 Å². The Hall–Kier alpha value is -2.92. The number of rotatable bonds is 5. The molecule has 1 heterocycles. The zero-order valence-electron chi connectivity index (χ0n) is 15.3. The van der Waals surface area contributed by atoms with E-state index in [9.17, 15) is 36.3 Å². The van der Waals surface area contributed by atoms with Crippen molar-refractivity contribution in [3.05, 3.63) is 24.3 Å². The maximum atomic E-state index is 12.9. The van der Waals surface area contributed by atoms with E-state index in [2.05, 4.69) is 10.6 Å². The molecule has 29 heavy (non-hydrogen) atoms. The summed E-state index contributed by atoms with van der Waals surface area (Å²) in [5.41, 5.74) is 0.362. The Bertz CT molecular complexity index is 800. The van der Waals surface area contributed by atoms with Crippen LogP contribution in [0.1, 0.15) is 13.8 Å². The van der Waals surface area contributed by atoms with Crippen LogP contribution < -0.4 is 20.7 Å². The normalized spacial score (nSPS) is 20.4. The molecule has 12 heteroatoms. The Balaban J connectivity index is 2.00. The number of carbonyl (C=O) groups is 3. The molecular formula is C17H18F5N3O4. The lowest BCUT2D eigenvalue weighted by atomic mass is 10.1. The minimum absolute atomic E-state index is 0.352. The number of alkyl halides is 5. The lowest BCUT2D eigenvalue weighted by Crippen LogP contribution is -2.54. The van der Waals surface area contributed by atoms with Crippen molar-refractivity contribution in [1.29, 1.82) is 0 Å². The molecule has 0 aliphatic carbocycles. The number of hydrogen-bond acceptors (Lipinski definition) is 4. The van der Waals surface area contributed by atoms with Gasteiger partial charge in [-0.1, -0.05) is 12.1 Å². The van der Waals surface area contributed by atoms with Crippen LogP contribution in [0.4, 0.5) is 27.6 Å². The number of amides is 3. The zero-order valence-corrected chi connectivity index (χ0v) is 15.3. The molecule has 1 aliphatic heterocycles. The Kier molecular flexibility index (Phi) is 6.34. The van der Waals surface area contributed by atoms with Gasteiger partial charge in [0.05, 0.1) is 12.2 Å². The fourth-order valence-corrected chi connectivity index (χ4v) is 2.40. The maximum absolute atomic E-state index is 12.9. The zero-order chi connectivity index (χ0) is 22.0. The van der Waals surface area contributed by atoms with Gasteiger partial charge in [-0.15, -0.1) is 0 Å². The van der Waals surface area contributed by atoms with Gasteiger partial charge in [0.1, 0.15) is 23.8 Å². The highest BCUT2D eigenvalue weighted by atomic mass is 19.4. The predicted molar refractivity (Wildman–Crippen MR) is 90.3 cm³/mol. The molecule has 160 valence electrons. The van der Waals surface area contributed by atoms with Crippen LogP contribution in [0.25, 0.3) is 0 Å². The van der Waals surface area contributed by atoms with Gasteiger partial charge < -0.3 is 20.7 Å². The molecule has 0 spiro atoms. The molecular weight excluding hydrogens is 405 g/mol. The predicted octanol–water partition coefficient (Wildman–Crippen LogP) is 1.84. The van der Waals surface area contributed by atoms with E-state index in [0.717, 1.165) is 6.92 Å². The first-order chi connectivity index (χ1) is 13.3. The summed E-state index contributed by atoms with van der Waals surface area (Å²) in [6.45, 7) is 0.484. The third-order valence-corrected chi connectivity index (χ3v) is 4.19. The minimum atomic E-state index is -5.84. The Morgan fingerprint density at radius 3 is 2.41 bits per heavy atom. The molecule has 0 bridgehead atoms. The van der Waals surface area contributed by atoms with Crippen molar-refractivity contribution in [2.24, 2.45) is 5.92 Å². The Morgan fingerprint density at radius 1 is 1.17 bits per heavy atom. The standard InChI is InChI=1S/C17H18F5N3O4/c1-8(13(26)23-7-16(18,19)17(20,21)22)14(27)25-12-9(2)29-11-6-4-3-5-10(11)24-15(12)28/h3-6,8-9,12H,7H2,1-2H3,(H,23,26)(H,24,28)(H,25,27)/t8?,9-,12+/m1/s1. The van der Waals surface area contributed by atoms with E-state index in [-0.39, 0.29) is 0 Å². The molecule has 1 aromatic carbocycles. The largest absolute Gasteiger partial charge is 0.486 e. The van der Waals surface area contributed by atoms with Crippen molar-refractivity contribution >= 4 is 23.4 Å². The molecule has 3 N–H and O–H groups in total. The van der Waals surface area contributed by atoms with Crippen LogP contribution in [0.5, 0.6) is 5.75 Å². The van der Waals surface area contributed by atoms with Crippen molar-refractivity contribution in [3.63, 3.8) is 0 Å². The molecule has 2 rings (SSSR count). The summed E-state index contributed by atoms with van der Waals surface area (Å²) in [5, 5.41) is 6.18. The van der Waals surface area contributed by atoms with E-state index in [0.29, 0.717) is 11.4 Å². The number of nitrogens with one attached hydrogen (secondary N) is 3. The van der Waals surface area contributed by atoms with Crippen molar-refractivity contribution in [3.8, 4) is 5.75 Å². The molecule has 3 amide bonds. The molecule has 0 saturated heterocycles. The second kappa shape index (κ2) is 8.21. The van der Waals surface area contributed by atoms with Gasteiger partial charge in [0.2, 0.25) is 11.8 Å². The summed E-state index contributed by atoms with van der Waals surface area (Å²) in [7, 11) is 0. The summed E-state index contributed by atoms with van der Waals surface area (Å²) in [6, 6.07) is 5.24. The second-order valence-corrected chi connectivity index (χ2v) is 6.44. The van der Waals surface area contributed by atoms with Crippen molar-refractivity contribution in [2.45, 2.75) is 38.1 Å². The van der Waals surface area contributed by atoms with Gasteiger partial charge in [-0.3, -0.25) is 14.4 Å². The van der Waals surface area contributed by atoms with Gasteiger partial charge >= 0.3 is 12.1 Å². The van der Waals surface area contributed by atoms with Gasteiger partial charge in [0.25, 0.3) is 5.91 Å². The van der Waals surface area contributed by atoms with Crippen LogP contribution in [0.15, 0.2) is 24.3 Å². The van der Waals surface area contributed by atoms with Crippen molar-refractivity contribution in [1.82, 2.24) is 10.6 Å². The molecule has 7 nitrogen and oxygen atoms in total. The van der Waals surface area contributed by atoms with Crippen molar-refractivity contribution < 1.29 is 41.1 Å². The van der Waals surface area contributed by atoms with Crippen LogP contribution in [0.3, 0.4) is 0 Å². The number of ether oxygens (including phenoxy) is 1. The molecule has 0 aromatic heterocycles. The monoisotopic (exact) mass is 423 g/mol. The minimum Gasteiger partial charge on any atom is -0.486 e. The topological polar surface area (TPSA) is 96.5 Å². The number of anilines is 1. The first-order valence-electron chi connectivity index (χ1n) is 8.42. The molecule has 0 fully saturated rings. The van der Waals surface area contributed by atoms with E-state index in [4.69, 9.17) is 4.74 Å². The molecule has 1 unspecified atom stereocenters. The molecule has 0 saturated carbocycles. The van der Waals surface area contributed by atoms with Gasteiger partial charge in [0, 0.05) is 0 Å². The SMILES string of the molecule is CC(C(=O)NCC(F)(F)C(F)(F)F)C(=O)N[C@@H]1C(=O)Nc2ccccc2O[C@@H]1C. The summed E-state index contributed by atoms with van der Waals surface area (Å²) in [6.07, 6.45) is -6.70. The average molecular weight is 423 g/mol. The number of hydrogen-bond donors (Lipinski definition) is 3. The molecule has 1 aromatic rings. The van der Waals surface area contributed by atoms with E-state index in [1.165, 1.54) is 12.2 Å². The van der Waals surface area contributed by atoms with Crippen LogP contribution in [0.2, 0.25) is 0 Å². The van der Waals surface area contributed by atoms with Crippen molar-refractivity contribution in [2.75, 3.05) is 11.9 Å². The van der Waals surface area contributed by atoms with Crippen LogP contribution >= 0.6 is 0 Å². The smallest absolute Gasteiger partial charge is 0.455 e. The summed E-state index contributed by atoms with van der Waals surface area (Å²) in [4.78, 5) is 36.4. The Morgan fingerprint density at radius 2 is 1.79 bits per heavy atom. The van der Waals surface area contributed by atoms with Gasteiger partial charge in [-0.25, -0.2) is 0 Å². The van der Waals surface area contributed by atoms with Crippen LogP contribution in [-0.4, -0.2) is 48.5 Å². The van der Waals surface area contributed by atoms with E-state index < -0.39 is 54.4 Å². The molecule has 1 aliphatic rings. The second-order valence-electron chi connectivity index (χ2n) is 6.44. The van der Waals surface area contributed by atoms with Crippen LogP contribution in [-0.2, 0) is 14.4 Å². The molecule has 0 radical (unpaired) electrons. The first kappa shape index (κ1) is 22.4. The van der Waals surface area contributed by atoms with E-state index in [1.54, 1.807) is 24.3 Å². The first-order valence-corrected chi connectivity index (χ1v) is 8.42. The number of halogens is 5. The maximum Gasteiger partial charge on any atom is 0.455 e. The van der Waals surface area contributed by atoms with Gasteiger partial charge in [-0.05, 0) is 26.0 Å². The summed E-state index contributed by atoms with van der Waals surface area (Å²) < 4.78 is 67.8. The fraction of sp³-hybridized carbons (Fsp3) is 0.471. The lowest BCUT2D eigenvalue weighted by molar-refractivity contribution is -0.278. The highest BCUT2D eigenvalue weighted by molar-refractivity contribution is 6.04. The summed E-state index contributed by atoms with van der Waals surface area (Å²) >= 11 is 0. The Labute approximate surface area is 162 Å². The number of benzene rings is 1. The quantitative estimate of drug-likeness (QED) is 0.498. The number of carbonyl (C=O) groups excluding carboxylic acids is 3. The number of fused-ring (bicyclic) bond motifs is 1. The van der Waals surface area contributed by atoms with Crippen LogP contribution in [0, 0.1) is 5.92 Å². The highest BCUT2D eigenvalue weighted by Gasteiger charge is 2.57. The molecule has 3 atom stereocenters. The lowest BCUT2D eigenvalue weighted by Gasteiger charge is -2.24. The van der Waals surface area contributed by atoms with Gasteiger partial charge in [0.15, 0.2) is 0 Å². The third-order valence-electron chi connectivity index (χ3n) is 4.19. The third kappa shape index (κ3) is 5.12. The fourth-order valence-electron chi connectivity index (χ4n) is 2.40. The van der Waals surface area contributed by atoms with E-state index >= 15 is 0 Å². The highest BCUT2D eigenvalue weighted by Crippen LogP contribution is 2.34. The summed E-state index contributed by atoms with van der Waals surface area (Å²) in [5.74, 6) is -9.47. The van der Waals surface area contributed by atoms with E-state index in [1.807, 2.05) is 0 Å².